The SMILES string of the molecule is Cc1cc(NC(=O)COCCN)cnc1Br. The van der Waals surface area contributed by atoms with Crippen LogP contribution in [0.25, 0.3) is 0 Å². The summed E-state index contributed by atoms with van der Waals surface area (Å²) >= 11 is 3.28. The number of aryl methyl sites for hydroxylation is 1. The van der Waals surface area contributed by atoms with Crippen molar-refractivity contribution in [2.75, 3.05) is 25.1 Å². The Hall–Kier alpha value is -0.980. The van der Waals surface area contributed by atoms with Gasteiger partial charge in [-0.05, 0) is 34.5 Å². The zero-order valence-corrected chi connectivity index (χ0v) is 10.6. The van der Waals surface area contributed by atoms with E-state index in [-0.39, 0.29) is 12.5 Å². The van der Waals surface area contributed by atoms with Crippen LogP contribution in [0.2, 0.25) is 0 Å². The zero-order valence-electron chi connectivity index (χ0n) is 9.00. The molecule has 1 amide bonds. The molecule has 0 aliphatic rings. The van der Waals surface area contributed by atoms with Gasteiger partial charge < -0.3 is 15.8 Å². The fourth-order valence-electron chi connectivity index (χ4n) is 1.07. The number of ether oxygens (including phenoxy) is 1. The first-order valence-corrected chi connectivity index (χ1v) is 5.62. The van der Waals surface area contributed by atoms with Crippen molar-refractivity contribution in [1.29, 1.82) is 0 Å². The second kappa shape index (κ2) is 6.57. The molecular weight excluding hydrogens is 274 g/mol. The Kier molecular flexibility index (Phi) is 5.37. The normalized spacial score (nSPS) is 10.2. The van der Waals surface area contributed by atoms with E-state index in [0.717, 1.165) is 10.2 Å². The Balaban J connectivity index is 2.46. The summed E-state index contributed by atoms with van der Waals surface area (Å²) in [6, 6.07) is 1.83. The molecule has 0 radical (unpaired) electrons. The van der Waals surface area contributed by atoms with E-state index in [1.54, 1.807) is 6.20 Å². The van der Waals surface area contributed by atoms with Gasteiger partial charge in [-0.1, -0.05) is 0 Å². The molecule has 3 N–H and O–H groups in total. The number of nitrogens with one attached hydrogen (secondary N) is 1. The molecule has 0 atom stereocenters. The standard InChI is InChI=1S/C10H14BrN3O2/c1-7-4-8(5-13-10(7)11)14-9(15)6-16-3-2-12/h4-5H,2-3,6,12H2,1H3,(H,14,15). The van der Waals surface area contributed by atoms with Crippen LogP contribution in [0.1, 0.15) is 5.56 Å². The molecule has 0 aliphatic heterocycles. The van der Waals surface area contributed by atoms with Crippen molar-refractivity contribution >= 4 is 27.5 Å². The number of hydrogen-bond acceptors (Lipinski definition) is 4. The van der Waals surface area contributed by atoms with E-state index in [1.165, 1.54) is 0 Å². The third kappa shape index (κ3) is 4.26. The number of nitrogens with zero attached hydrogens (tertiary/aromatic N) is 1. The molecule has 5 nitrogen and oxygen atoms in total. The summed E-state index contributed by atoms with van der Waals surface area (Å²) in [7, 11) is 0. The molecule has 1 rings (SSSR count). The minimum atomic E-state index is -0.211. The molecule has 0 unspecified atom stereocenters. The lowest BCUT2D eigenvalue weighted by Crippen LogP contribution is -2.20. The highest BCUT2D eigenvalue weighted by Crippen LogP contribution is 2.16. The Labute approximate surface area is 103 Å². The van der Waals surface area contributed by atoms with Crippen molar-refractivity contribution in [3.63, 3.8) is 0 Å². The van der Waals surface area contributed by atoms with Gasteiger partial charge >= 0.3 is 0 Å². The van der Waals surface area contributed by atoms with E-state index in [2.05, 4.69) is 26.2 Å². The minimum absolute atomic E-state index is 0.00626. The molecule has 0 aromatic carbocycles. The van der Waals surface area contributed by atoms with Crippen LogP contribution >= 0.6 is 15.9 Å². The van der Waals surface area contributed by atoms with Gasteiger partial charge in [0.2, 0.25) is 5.91 Å². The van der Waals surface area contributed by atoms with Crippen LogP contribution in [0.15, 0.2) is 16.9 Å². The van der Waals surface area contributed by atoms with Crippen molar-refractivity contribution < 1.29 is 9.53 Å². The number of nitrogens with two attached hydrogens (primary N) is 1. The lowest BCUT2D eigenvalue weighted by Gasteiger charge is -2.06. The summed E-state index contributed by atoms with van der Waals surface area (Å²) in [5, 5.41) is 2.68. The Morgan fingerprint density at radius 1 is 1.69 bits per heavy atom. The average molecular weight is 288 g/mol. The number of hydrogen-bond donors (Lipinski definition) is 2. The van der Waals surface area contributed by atoms with Crippen molar-refractivity contribution in [2.24, 2.45) is 5.73 Å². The number of rotatable bonds is 5. The van der Waals surface area contributed by atoms with Gasteiger partial charge in [0.15, 0.2) is 0 Å². The first kappa shape index (κ1) is 13.1. The Morgan fingerprint density at radius 3 is 3.06 bits per heavy atom. The van der Waals surface area contributed by atoms with E-state index in [0.29, 0.717) is 18.8 Å². The maximum absolute atomic E-state index is 11.4. The number of carbonyl (C=O) groups excluding carboxylic acids is 1. The molecule has 0 bridgehead atoms. The van der Waals surface area contributed by atoms with Crippen molar-refractivity contribution in [2.45, 2.75) is 6.92 Å². The molecular formula is C10H14BrN3O2. The zero-order chi connectivity index (χ0) is 12.0. The Bertz CT molecular complexity index is 371. The van der Waals surface area contributed by atoms with Gasteiger partial charge in [-0.15, -0.1) is 0 Å². The van der Waals surface area contributed by atoms with Gasteiger partial charge in [-0.25, -0.2) is 4.98 Å². The summed E-state index contributed by atoms with van der Waals surface area (Å²) < 4.78 is 5.77. The molecule has 0 aliphatic carbocycles. The highest BCUT2D eigenvalue weighted by molar-refractivity contribution is 9.10. The predicted molar refractivity (Wildman–Crippen MR) is 65.2 cm³/mol. The van der Waals surface area contributed by atoms with Crippen LogP contribution in [0.4, 0.5) is 5.69 Å². The maximum Gasteiger partial charge on any atom is 0.250 e. The smallest absolute Gasteiger partial charge is 0.250 e. The average Bonchev–Trinajstić information content (AvgIpc) is 2.24. The first-order valence-electron chi connectivity index (χ1n) is 4.83. The van der Waals surface area contributed by atoms with Gasteiger partial charge in [0.05, 0.1) is 18.5 Å². The van der Waals surface area contributed by atoms with E-state index in [1.807, 2.05) is 13.0 Å². The van der Waals surface area contributed by atoms with Crippen LogP contribution in [-0.2, 0) is 9.53 Å². The lowest BCUT2D eigenvalue weighted by atomic mass is 10.3. The Morgan fingerprint density at radius 2 is 2.44 bits per heavy atom. The monoisotopic (exact) mass is 287 g/mol. The first-order chi connectivity index (χ1) is 7.63. The van der Waals surface area contributed by atoms with Gasteiger partial charge in [0.25, 0.3) is 0 Å². The molecule has 1 aromatic rings. The quantitative estimate of drug-likeness (QED) is 0.627. The maximum atomic E-state index is 11.4. The molecule has 0 saturated heterocycles. The fraction of sp³-hybridized carbons (Fsp3) is 0.400. The summed E-state index contributed by atoms with van der Waals surface area (Å²) in [5.41, 5.74) is 6.85. The van der Waals surface area contributed by atoms with Gasteiger partial charge in [0.1, 0.15) is 11.2 Å². The number of anilines is 1. The minimum Gasteiger partial charge on any atom is -0.370 e. The molecule has 6 heteroatoms. The van der Waals surface area contributed by atoms with Crippen molar-refractivity contribution in [1.82, 2.24) is 4.98 Å². The predicted octanol–water partition coefficient (Wildman–Crippen LogP) is 1.07. The highest BCUT2D eigenvalue weighted by atomic mass is 79.9. The van der Waals surface area contributed by atoms with Gasteiger partial charge in [-0.3, -0.25) is 4.79 Å². The summed E-state index contributed by atoms with van der Waals surface area (Å²) in [6.07, 6.45) is 1.58. The third-order valence-corrected chi connectivity index (χ3v) is 2.62. The summed E-state index contributed by atoms with van der Waals surface area (Å²) in [6.45, 7) is 2.70. The van der Waals surface area contributed by atoms with Crippen LogP contribution in [0.5, 0.6) is 0 Å². The highest BCUT2D eigenvalue weighted by Gasteiger charge is 2.04. The van der Waals surface area contributed by atoms with Crippen molar-refractivity contribution in [3.8, 4) is 0 Å². The van der Waals surface area contributed by atoms with Gasteiger partial charge in [-0.2, -0.15) is 0 Å². The summed E-state index contributed by atoms with van der Waals surface area (Å²) in [4.78, 5) is 15.4. The second-order valence-electron chi connectivity index (χ2n) is 3.22. The van der Waals surface area contributed by atoms with Gasteiger partial charge in [0, 0.05) is 6.54 Å². The number of pyridine rings is 1. The van der Waals surface area contributed by atoms with Crippen LogP contribution in [0.3, 0.4) is 0 Å². The molecule has 0 saturated carbocycles. The lowest BCUT2D eigenvalue weighted by molar-refractivity contribution is -0.120. The summed E-state index contributed by atoms with van der Waals surface area (Å²) in [5.74, 6) is -0.211. The number of aromatic nitrogens is 1. The second-order valence-corrected chi connectivity index (χ2v) is 3.97. The molecule has 16 heavy (non-hydrogen) atoms. The van der Waals surface area contributed by atoms with Crippen LogP contribution < -0.4 is 11.1 Å². The number of carbonyl (C=O) groups is 1. The van der Waals surface area contributed by atoms with Crippen LogP contribution in [0, 0.1) is 6.92 Å². The molecule has 1 heterocycles. The topological polar surface area (TPSA) is 77.2 Å². The van der Waals surface area contributed by atoms with E-state index in [9.17, 15) is 4.79 Å². The molecule has 88 valence electrons. The molecule has 1 aromatic heterocycles. The largest absolute Gasteiger partial charge is 0.370 e. The van der Waals surface area contributed by atoms with E-state index >= 15 is 0 Å². The van der Waals surface area contributed by atoms with E-state index < -0.39 is 0 Å². The van der Waals surface area contributed by atoms with Crippen LogP contribution in [-0.4, -0.2) is 30.6 Å². The molecule has 0 fully saturated rings. The third-order valence-electron chi connectivity index (χ3n) is 1.79. The van der Waals surface area contributed by atoms with Crippen molar-refractivity contribution in [3.05, 3.63) is 22.4 Å². The molecule has 0 spiro atoms. The van der Waals surface area contributed by atoms with E-state index in [4.69, 9.17) is 10.5 Å². The number of halogens is 1. The fourth-order valence-corrected chi connectivity index (χ4v) is 1.29. The number of amides is 1.